The molecule has 0 aliphatic heterocycles. The van der Waals surface area contributed by atoms with Gasteiger partial charge >= 0.3 is 58.0 Å². The van der Waals surface area contributed by atoms with Crippen molar-refractivity contribution in [3.8, 4) is 0 Å². The van der Waals surface area contributed by atoms with Crippen LogP contribution in [0.2, 0.25) is 18.1 Å². The molecule has 0 saturated carbocycles. The fourth-order valence-electron chi connectivity index (χ4n) is 5.38. The van der Waals surface area contributed by atoms with Gasteiger partial charge in [-0.25, -0.2) is 9.59 Å². The van der Waals surface area contributed by atoms with Crippen LogP contribution in [0.15, 0.2) is 98.6 Å². The summed E-state index contributed by atoms with van der Waals surface area (Å²) in [7, 11) is -6.61. The number of hydrogen-bond donors (Lipinski definition) is 1. The molecule has 18 heteroatoms. The number of allylic oxidation sites excluding steroid dienone is 1. The average Bonchev–Trinajstić information content (AvgIpc) is 3.39. The van der Waals surface area contributed by atoms with E-state index < -0.39 is 34.5 Å². The third kappa shape index (κ3) is 55.7. The molecule has 0 aromatic heterocycles. The van der Waals surface area contributed by atoms with Crippen LogP contribution in [0.5, 0.6) is 0 Å². The van der Waals surface area contributed by atoms with E-state index in [0.717, 1.165) is 84.5 Å². The van der Waals surface area contributed by atoms with E-state index in [4.69, 9.17) is 19.0 Å². The third-order valence-corrected chi connectivity index (χ3v) is 23.5. The van der Waals surface area contributed by atoms with Crippen molar-refractivity contribution in [2.75, 3.05) is 81.4 Å². The Kier molecular flexibility index (Phi) is 75.8. The molecular weight excluding hydrogens is 1230 g/mol. The zero-order chi connectivity index (χ0) is 57.0. The molecule has 0 bridgehead atoms. The Hall–Kier alpha value is -0.201. The third-order valence-electron chi connectivity index (χ3n) is 11.2. The number of unbranched alkanes of at least 4 members (excludes halogenated alkanes) is 3. The van der Waals surface area contributed by atoms with Gasteiger partial charge in [-0.1, -0.05) is 194 Å². The molecule has 1 unspecified atom stereocenters. The van der Waals surface area contributed by atoms with Gasteiger partial charge in [0.25, 0.3) is 0 Å². The Balaban J connectivity index is -0.0000000979. The van der Waals surface area contributed by atoms with Crippen LogP contribution in [0.4, 0.5) is 0 Å². The van der Waals surface area contributed by atoms with Crippen LogP contribution in [0.3, 0.4) is 0 Å². The fraction of sp³-hybridized carbons (Fsp3) is 0.621. The van der Waals surface area contributed by atoms with E-state index in [2.05, 4.69) is 139 Å². The summed E-state index contributed by atoms with van der Waals surface area (Å²) in [6.07, 6.45) is 15.7. The van der Waals surface area contributed by atoms with Crippen molar-refractivity contribution in [2.24, 2.45) is 0 Å². The number of alkyl halides is 2. The average molecular weight is 1340 g/mol. The monoisotopic (exact) mass is 1340 g/mol. The van der Waals surface area contributed by atoms with Crippen LogP contribution >= 0.6 is 46.1 Å². The van der Waals surface area contributed by atoms with E-state index >= 15 is 0 Å². The molecule has 76 heavy (non-hydrogen) atoms. The number of carbonyl (C=O) groups is 3. The van der Waals surface area contributed by atoms with Crippen LogP contribution in [0.1, 0.15) is 136 Å². The van der Waals surface area contributed by atoms with Crippen molar-refractivity contribution in [1.82, 2.24) is 4.90 Å². The zero-order valence-electron chi connectivity index (χ0n) is 51.7. The summed E-state index contributed by atoms with van der Waals surface area (Å²) in [5.74, 6) is -0.952. The van der Waals surface area contributed by atoms with Crippen LogP contribution in [-0.2, 0) is 37.4 Å². The summed E-state index contributed by atoms with van der Waals surface area (Å²) in [6, 6.07) is 19.3. The number of hydrogen-bond acceptors (Lipinski definition) is 10. The van der Waals surface area contributed by atoms with Gasteiger partial charge in [0.2, 0.25) is 0 Å². The zero-order valence-corrected chi connectivity index (χ0v) is 60.1. The first-order valence-corrected chi connectivity index (χ1v) is 35.7. The minimum atomic E-state index is -2.64. The number of carbonyl (C=O) groups excluding carboxylic acids is 3. The second-order valence-corrected chi connectivity index (χ2v) is 31.0. The van der Waals surface area contributed by atoms with Crippen LogP contribution in [0.25, 0.3) is 0 Å². The molecule has 1 N–H and O–H groups in total. The van der Waals surface area contributed by atoms with Gasteiger partial charge < -0.3 is 59.8 Å². The van der Waals surface area contributed by atoms with E-state index in [1.165, 1.54) is 51.9 Å². The number of aliphatic hydroxyl groups is 1. The predicted octanol–water partition coefficient (Wildman–Crippen LogP) is 11.9. The summed E-state index contributed by atoms with van der Waals surface area (Å²) < 4.78 is 42.9. The molecular formula is C58H106Br3Mg2NO9P2Si. The Bertz CT molecular complexity index is 1710. The van der Waals surface area contributed by atoms with Crippen molar-refractivity contribution in [2.45, 2.75) is 152 Å². The van der Waals surface area contributed by atoms with E-state index in [0.29, 0.717) is 31.8 Å². The summed E-state index contributed by atoms with van der Waals surface area (Å²) in [4.78, 5) is 34.2. The molecule has 0 radical (unpaired) electrons. The molecule has 0 spiro atoms. The first kappa shape index (κ1) is 92.3. The van der Waals surface area contributed by atoms with Crippen LogP contribution in [0, 0.1) is 6.92 Å². The summed E-state index contributed by atoms with van der Waals surface area (Å²) in [6.45, 7) is 44.3. The van der Waals surface area contributed by atoms with Gasteiger partial charge in [-0.2, -0.15) is 6.42 Å². The fourth-order valence-corrected chi connectivity index (χ4v) is 12.9. The maximum Gasteiger partial charge on any atom is 2.00 e. The van der Waals surface area contributed by atoms with Crippen molar-refractivity contribution in [1.29, 1.82) is 0 Å². The summed E-state index contributed by atoms with van der Waals surface area (Å²) in [5, 5.41) is 12.2. The molecule has 0 fully saturated rings. The van der Waals surface area contributed by atoms with E-state index in [1.54, 1.807) is 0 Å². The number of benzene rings is 2. The van der Waals surface area contributed by atoms with Gasteiger partial charge in [0, 0.05) is 71.3 Å². The van der Waals surface area contributed by atoms with Gasteiger partial charge in [-0.05, 0) is 89.3 Å². The quantitative estimate of drug-likeness (QED) is 0.0159. The normalized spacial score (nSPS) is 10.9. The van der Waals surface area contributed by atoms with Crippen molar-refractivity contribution in [3.05, 3.63) is 106 Å². The summed E-state index contributed by atoms with van der Waals surface area (Å²) >= 11 is 6.46. The smallest absolute Gasteiger partial charge is 1.00 e. The predicted molar refractivity (Wildman–Crippen MR) is 344 cm³/mol. The van der Waals surface area contributed by atoms with Crippen LogP contribution in [-0.4, -0.2) is 164 Å². The maximum absolute atomic E-state index is 13.5. The molecule has 2 aromatic carbocycles. The van der Waals surface area contributed by atoms with Crippen molar-refractivity contribution >= 4 is 129 Å². The largest absolute Gasteiger partial charge is 2.00 e. The first-order valence-electron chi connectivity index (χ1n) is 26.4. The van der Waals surface area contributed by atoms with Gasteiger partial charge in [-0.15, -0.1) is 0 Å². The number of ether oxygens (including phenoxy) is 2. The molecule has 0 saturated heterocycles. The standard InChI is InChI=1S/C19H35O2PSi.C18H23O5P.C6H15N.C4H9Br.C4H6O.C4H9.C3H7BrO.BrH.2Mg.2H/c1-7-8-16-22(20,18-13-10-9-11-14-18)17-12-15-21-23(5,6)19(2,3)4;1-3-17(19)22-12-8-14-24(21,16-10-6-5-7-11-16)15-9-13-23-18(20)4-2;1-4-7(5-2)6-3;1-2-3-4-5;1-3-4(2)5;1-3-4-2;4-2-1-3-5;;;;;/h9-11,13-14H,7-8,12,15-17H2,1-6H3;3-7,10-11H,1-2,8-9,12-15H2;4-6H2,1-3H3;2-4H2,1H3;3H,1H2,2H3;1,3-4H2,2H3;5H,1-3H2;1H;;;;/q;;;;;-1;;;2*+2;2*-1/p-1. The SMILES string of the molecule is C=CC(=O)OCCCP(=O)(CCCOC(=O)C=C)c1ccccc1.C=CC(C)=O.CCCCBr.CCCCP(=O)(CCCO[Si](C)(C)C(C)(C)C)c1ccccc1.CCN(CC)CC.OCCCBr.[Br-].[CH2-]CCC.[H-].[H-].[Mg+2].[Mg+2]. The van der Waals surface area contributed by atoms with Crippen molar-refractivity contribution in [3.63, 3.8) is 0 Å². The van der Waals surface area contributed by atoms with Gasteiger partial charge in [-0.3, -0.25) is 4.79 Å². The second-order valence-electron chi connectivity index (χ2n) is 18.2. The molecule has 2 aromatic rings. The molecule has 0 amide bonds. The molecule has 0 heterocycles. The molecule has 2 rings (SSSR count). The van der Waals surface area contributed by atoms with Gasteiger partial charge in [0.15, 0.2) is 14.1 Å². The van der Waals surface area contributed by atoms with E-state index in [-0.39, 0.29) is 90.0 Å². The van der Waals surface area contributed by atoms with Crippen LogP contribution < -0.4 is 27.6 Å². The molecule has 1 atom stereocenters. The Morgan fingerprint density at radius 3 is 1.18 bits per heavy atom. The maximum atomic E-state index is 13.5. The number of halogens is 3. The first-order chi connectivity index (χ1) is 34.5. The van der Waals surface area contributed by atoms with Crippen molar-refractivity contribution < 1.29 is 62.4 Å². The molecule has 10 nitrogen and oxygen atoms in total. The number of rotatable bonds is 29. The minimum Gasteiger partial charge on any atom is -1.00 e. The molecule has 0 aliphatic rings. The minimum absolute atomic E-state index is 0. The number of ketones is 1. The second kappa shape index (κ2) is 62.4. The van der Waals surface area contributed by atoms with Gasteiger partial charge in [0.05, 0.1) is 13.2 Å². The van der Waals surface area contributed by atoms with E-state index in [9.17, 15) is 23.5 Å². The molecule has 436 valence electrons. The van der Waals surface area contributed by atoms with E-state index in [1.807, 2.05) is 60.7 Å². The number of aliphatic hydroxyl groups excluding tert-OH is 1. The van der Waals surface area contributed by atoms with Gasteiger partial charge in [0.1, 0.15) is 14.3 Å². The number of esters is 2. The topological polar surface area (TPSA) is 137 Å². The Morgan fingerprint density at radius 1 is 0.645 bits per heavy atom. The summed E-state index contributed by atoms with van der Waals surface area (Å²) in [5.41, 5.74) is 0. The number of nitrogens with zero attached hydrogens (tertiary/aromatic N) is 1. The molecule has 0 aliphatic carbocycles. The Morgan fingerprint density at radius 2 is 0.974 bits per heavy atom. The Labute approximate surface area is 529 Å².